The van der Waals surface area contributed by atoms with Gasteiger partial charge >= 0.3 is 0 Å². The number of benzene rings is 1. The lowest BCUT2D eigenvalue weighted by Gasteiger charge is -2.43. The van der Waals surface area contributed by atoms with Crippen LogP contribution in [0.2, 0.25) is 5.02 Å². The third-order valence-electron chi connectivity index (χ3n) is 5.68. The van der Waals surface area contributed by atoms with Gasteiger partial charge in [0.2, 0.25) is 0 Å². The van der Waals surface area contributed by atoms with E-state index < -0.39 is 11.6 Å². The second kappa shape index (κ2) is 10.6. The second-order valence-electron chi connectivity index (χ2n) is 8.29. The summed E-state index contributed by atoms with van der Waals surface area (Å²) in [7, 11) is 0. The number of halogens is 2. The van der Waals surface area contributed by atoms with Crippen LogP contribution in [-0.2, 0) is 10.2 Å². The van der Waals surface area contributed by atoms with Crippen LogP contribution in [0.15, 0.2) is 41.5 Å². The molecule has 4 nitrogen and oxygen atoms in total. The number of hydrogen-bond acceptors (Lipinski definition) is 4. The third kappa shape index (κ3) is 5.85. The van der Waals surface area contributed by atoms with Crippen LogP contribution in [0.25, 0.3) is 0 Å². The monoisotopic (exact) mass is 438 g/mol. The number of aliphatic hydroxyl groups excluding tert-OH is 1. The first-order chi connectivity index (χ1) is 13.7. The SMILES string of the molecule is CCC(O)NC[C@H](C1C=CC=C(Cl)C1)[C@@](C=O)(CC(C)C)c1ccc(Cl)cc1N. The van der Waals surface area contributed by atoms with Gasteiger partial charge < -0.3 is 15.6 Å². The predicted molar refractivity (Wildman–Crippen MR) is 122 cm³/mol. The molecule has 0 heterocycles. The van der Waals surface area contributed by atoms with E-state index in [1.54, 1.807) is 12.1 Å². The summed E-state index contributed by atoms with van der Waals surface area (Å²) in [5.74, 6) is 0.140. The quantitative estimate of drug-likeness (QED) is 0.271. The Morgan fingerprint density at radius 1 is 1.38 bits per heavy atom. The summed E-state index contributed by atoms with van der Waals surface area (Å²) in [6, 6.07) is 5.34. The normalized spacial score (nSPS) is 20.8. The van der Waals surface area contributed by atoms with Crippen molar-refractivity contribution in [3.63, 3.8) is 0 Å². The minimum Gasteiger partial charge on any atom is -0.398 e. The van der Waals surface area contributed by atoms with Crippen molar-refractivity contribution in [3.8, 4) is 0 Å². The summed E-state index contributed by atoms with van der Waals surface area (Å²) < 4.78 is 0. The van der Waals surface area contributed by atoms with Gasteiger partial charge in [-0.2, -0.15) is 0 Å². The zero-order valence-electron chi connectivity index (χ0n) is 17.4. The van der Waals surface area contributed by atoms with Gasteiger partial charge in [-0.25, -0.2) is 0 Å². The zero-order chi connectivity index (χ0) is 21.6. The van der Waals surface area contributed by atoms with E-state index >= 15 is 0 Å². The molecule has 1 aliphatic carbocycles. The van der Waals surface area contributed by atoms with E-state index in [0.717, 1.165) is 16.9 Å². The highest BCUT2D eigenvalue weighted by Crippen LogP contribution is 2.46. The van der Waals surface area contributed by atoms with Gasteiger partial charge in [0.1, 0.15) is 12.5 Å². The molecule has 0 saturated carbocycles. The maximum atomic E-state index is 12.8. The Morgan fingerprint density at radius 3 is 2.66 bits per heavy atom. The van der Waals surface area contributed by atoms with Crippen LogP contribution in [0.3, 0.4) is 0 Å². The molecule has 1 aliphatic rings. The van der Waals surface area contributed by atoms with Crippen molar-refractivity contribution in [2.75, 3.05) is 12.3 Å². The first-order valence-electron chi connectivity index (χ1n) is 10.2. The Bertz CT molecular complexity index is 763. The van der Waals surface area contributed by atoms with Crippen LogP contribution < -0.4 is 11.1 Å². The second-order valence-corrected chi connectivity index (χ2v) is 9.21. The molecule has 6 heteroatoms. The number of aliphatic hydroxyl groups is 1. The molecule has 1 aromatic rings. The topological polar surface area (TPSA) is 75.3 Å². The van der Waals surface area contributed by atoms with Gasteiger partial charge in [-0.1, -0.05) is 62.2 Å². The van der Waals surface area contributed by atoms with Crippen molar-refractivity contribution in [1.82, 2.24) is 5.32 Å². The van der Waals surface area contributed by atoms with E-state index in [0.29, 0.717) is 36.5 Å². The van der Waals surface area contributed by atoms with Crippen molar-refractivity contribution in [1.29, 1.82) is 0 Å². The van der Waals surface area contributed by atoms with Crippen LogP contribution in [0.1, 0.15) is 45.6 Å². The van der Waals surface area contributed by atoms with Gasteiger partial charge in [0, 0.05) is 22.3 Å². The zero-order valence-corrected chi connectivity index (χ0v) is 18.9. The van der Waals surface area contributed by atoms with E-state index in [4.69, 9.17) is 28.9 Å². The number of nitrogens with two attached hydrogens (primary N) is 1. The van der Waals surface area contributed by atoms with Crippen molar-refractivity contribution in [2.24, 2.45) is 17.8 Å². The molecular formula is C23H32Cl2N2O2. The average Bonchev–Trinajstić information content (AvgIpc) is 2.66. The summed E-state index contributed by atoms with van der Waals surface area (Å²) >= 11 is 12.5. The first-order valence-corrected chi connectivity index (χ1v) is 10.9. The van der Waals surface area contributed by atoms with Crippen LogP contribution in [0, 0.1) is 17.8 Å². The van der Waals surface area contributed by atoms with Gasteiger partial charge in [0.15, 0.2) is 0 Å². The lowest BCUT2D eigenvalue weighted by atomic mass is 9.61. The summed E-state index contributed by atoms with van der Waals surface area (Å²) in [5.41, 5.74) is 6.81. The molecule has 29 heavy (non-hydrogen) atoms. The fourth-order valence-corrected chi connectivity index (χ4v) is 4.79. The molecule has 0 aliphatic heterocycles. The number of allylic oxidation sites excluding steroid dienone is 4. The molecule has 0 amide bonds. The number of rotatable bonds is 10. The molecular weight excluding hydrogens is 407 g/mol. The molecule has 1 aromatic carbocycles. The molecule has 0 aromatic heterocycles. The Hall–Kier alpha value is -1.33. The van der Waals surface area contributed by atoms with Crippen LogP contribution in [0.4, 0.5) is 5.69 Å². The Kier molecular flexibility index (Phi) is 8.77. The lowest BCUT2D eigenvalue weighted by molar-refractivity contribution is -0.116. The average molecular weight is 439 g/mol. The molecule has 0 fully saturated rings. The maximum absolute atomic E-state index is 12.8. The minimum atomic E-state index is -0.840. The molecule has 0 saturated heterocycles. The molecule has 2 unspecified atom stereocenters. The number of carbonyl (C=O) groups excluding carboxylic acids is 1. The van der Waals surface area contributed by atoms with E-state index in [-0.39, 0.29) is 17.8 Å². The summed E-state index contributed by atoms with van der Waals surface area (Å²) in [5, 5.41) is 14.6. The summed E-state index contributed by atoms with van der Waals surface area (Å²) in [6.07, 6.45) is 8.17. The maximum Gasteiger partial charge on any atom is 0.130 e. The van der Waals surface area contributed by atoms with E-state index in [1.165, 1.54) is 0 Å². The number of nitrogens with one attached hydrogen (secondary N) is 1. The predicted octanol–water partition coefficient (Wildman–Crippen LogP) is 5.04. The summed E-state index contributed by atoms with van der Waals surface area (Å²) in [6.45, 7) is 6.56. The minimum absolute atomic E-state index is 0.0306. The number of aldehydes is 1. The number of carbonyl (C=O) groups is 1. The number of hydrogen-bond donors (Lipinski definition) is 3. The number of anilines is 1. The largest absolute Gasteiger partial charge is 0.398 e. The highest BCUT2D eigenvalue weighted by Gasteiger charge is 2.45. The van der Waals surface area contributed by atoms with Crippen molar-refractivity contribution < 1.29 is 9.90 Å². The van der Waals surface area contributed by atoms with Crippen LogP contribution >= 0.6 is 23.2 Å². The summed E-state index contributed by atoms with van der Waals surface area (Å²) in [4.78, 5) is 12.8. The van der Waals surface area contributed by atoms with E-state index in [1.807, 2.05) is 25.1 Å². The fourth-order valence-electron chi connectivity index (χ4n) is 4.36. The van der Waals surface area contributed by atoms with Gasteiger partial charge in [0.25, 0.3) is 0 Å². The highest BCUT2D eigenvalue weighted by atomic mass is 35.5. The van der Waals surface area contributed by atoms with Crippen LogP contribution in [0.5, 0.6) is 0 Å². The Morgan fingerprint density at radius 2 is 2.10 bits per heavy atom. The molecule has 0 spiro atoms. The fraction of sp³-hybridized carbons (Fsp3) is 0.522. The van der Waals surface area contributed by atoms with Crippen LogP contribution in [-0.4, -0.2) is 24.2 Å². The number of nitrogen functional groups attached to an aromatic ring is 1. The molecule has 4 atom stereocenters. The van der Waals surface area contributed by atoms with Gasteiger partial charge in [-0.05, 0) is 60.8 Å². The smallest absolute Gasteiger partial charge is 0.130 e. The van der Waals surface area contributed by atoms with Gasteiger partial charge in [-0.3, -0.25) is 5.32 Å². The standard InChI is InChI=1S/C23H32Cl2N2O2/c1-4-22(29)27-13-20(16-6-5-7-17(24)10-16)23(14-28,12-15(2)3)19-9-8-18(25)11-21(19)26/h5-9,11,14-16,20,22,27,29H,4,10,12-13,26H2,1-3H3/t16?,20-,22?,23-/m1/s1. The first kappa shape index (κ1) is 23.9. The van der Waals surface area contributed by atoms with Crippen molar-refractivity contribution in [3.05, 3.63) is 52.0 Å². The molecule has 2 rings (SSSR count). The molecule has 0 radical (unpaired) electrons. The Balaban J connectivity index is 2.59. The van der Waals surface area contributed by atoms with Gasteiger partial charge in [0.05, 0.1) is 5.41 Å². The lowest BCUT2D eigenvalue weighted by Crippen LogP contribution is -2.49. The van der Waals surface area contributed by atoms with E-state index in [2.05, 4.69) is 25.2 Å². The van der Waals surface area contributed by atoms with Crippen molar-refractivity contribution >= 4 is 35.2 Å². The molecule has 160 valence electrons. The Labute approximate surface area is 184 Å². The molecule has 0 bridgehead atoms. The highest BCUT2D eigenvalue weighted by molar-refractivity contribution is 6.31. The van der Waals surface area contributed by atoms with E-state index in [9.17, 15) is 9.90 Å². The molecule has 4 N–H and O–H groups in total. The van der Waals surface area contributed by atoms with Gasteiger partial charge in [-0.15, -0.1) is 0 Å². The third-order valence-corrected chi connectivity index (χ3v) is 6.19. The van der Waals surface area contributed by atoms with Crippen molar-refractivity contribution in [2.45, 2.75) is 51.7 Å².